The second-order valence-corrected chi connectivity index (χ2v) is 7.48. The Labute approximate surface area is 173 Å². The van der Waals surface area contributed by atoms with Crippen LogP contribution in [-0.4, -0.2) is 25.5 Å². The van der Waals surface area contributed by atoms with E-state index in [1.54, 1.807) is 10.9 Å². The third-order valence-electron chi connectivity index (χ3n) is 4.30. The highest BCUT2D eigenvalue weighted by Gasteiger charge is 2.37. The third kappa shape index (κ3) is 5.26. The molecule has 0 saturated carbocycles. The van der Waals surface area contributed by atoms with E-state index in [9.17, 15) is 18.0 Å². The Balaban J connectivity index is 1.57. The molecular formula is C19H19BrF3N5O. The van der Waals surface area contributed by atoms with Crippen LogP contribution in [-0.2, 0) is 24.1 Å². The number of benzene rings is 1. The standard InChI is InChI=1S/C19H19BrF3N5O/c1-12-4-3-5-14(8-12)10-27-11-15(9-24-27)25-16(29)6-7-28-13(2)17(20)18(26-28)19(21,22)23/h3-5,8-9,11H,6-7,10H2,1-2H3,(H,25,29). The van der Waals surface area contributed by atoms with Crippen molar-refractivity contribution in [3.05, 3.63) is 63.6 Å². The molecule has 1 N–H and O–H groups in total. The Morgan fingerprint density at radius 3 is 2.69 bits per heavy atom. The van der Waals surface area contributed by atoms with Gasteiger partial charge in [-0.1, -0.05) is 29.8 Å². The molecule has 2 aromatic heterocycles. The number of hydrogen-bond donors (Lipinski definition) is 1. The number of halogens is 4. The number of carbonyl (C=O) groups is 1. The highest BCUT2D eigenvalue weighted by atomic mass is 79.9. The minimum Gasteiger partial charge on any atom is -0.323 e. The van der Waals surface area contributed by atoms with Crippen LogP contribution < -0.4 is 5.32 Å². The number of aromatic nitrogens is 4. The van der Waals surface area contributed by atoms with Crippen LogP contribution in [0.15, 0.2) is 41.1 Å². The summed E-state index contributed by atoms with van der Waals surface area (Å²) < 4.78 is 41.5. The molecule has 0 aliphatic carbocycles. The van der Waals surface area contributed by atoms with E-state index in [-0.39, 0.29) is 23.3 Å². The molecule has 29 heavy (non-hydrogen) atoms. The molecule has 0 spiro atoms. The molecule has 2 heterocycles. The van der Waals surface area contributed by atoms with Gasteiger partial charge in [-0.15, -0.1) is 0 Å². The van der Waals surface area contributed by atoms with Gasteiger partial charge in [0.1, 0.15) is 0 Å². The monoisotopic (exact) mass is 469 g/mol. The van der Waals surface area contributed by atoms with E-state index in [0.717, 1.165) is 11.1 Å². The molecule has 0 bridgehead atoms. The summed E-state index contributed by atoms with van der Waals surface area (Å²) in [4.78, 5) is 12.2. The zero-order valence-corrected chi connectivity index (χ0v) is 17.4. The molecule has 0 unspecified atom stereocenters. The van der Waals surface area contributed by atoms with Crippen molar-refractivity contribution >= 4 is 27.5 Å². The average molecular weight is 470 g/mol. The normalized spacial score (nSPS) is 11.7. The fraction of sp³-hybridized carbons (Fsp3) is 0.316. The van der Waals surface area contributed by atoms with Gasteiger partial charge >= 0.3 is 6.18 Å². The van der Waals surface area contributed by atoms with Crippen LogP contribution in [0.25, 0.3) is 0 Å². The first-order valence-electron chi connectivity index (χ1n) is 8.81. The lowest BCUT2D eigenvalue weighted by atomic mass is 10.1. The van der Waals surface area contributed by atoms with E-state index in [0.29, 0.717) is 17.9 Å². The molecule has 0 saturated heterocycles. The van der Waals surface area contributed by atoms with Crippen LogP contribution in [0.1, 0.15) is 28.9 Å². The molecule has 3 rings (SSSR count). The van der Waals surface area contributed by atoms with Crippen molar-refractivity contribution in [1.82, 2.24) is 19.6 Å². The van der Waals surface area contributed by atoms with E-state index >= 15 is 0 Å². The summed E-state index contributed by atoms with van der Waals surface area (Å²) in [5, 5.41) is 10.5. The SMILES string of the molecule is Cc1cccc(Cn2cc(NC(=O)CCn3nc(C(F)(F)F)c(Br)c3C)cn2)c1. The van der Waals surface area contributed by atoms with Gasteiger partial charge in [0, 0.05) is 12.6 Å². The van der Waals surface area contributed by atoms with Gasteiger partial charge in [-0.25, -0.2) is 0 Å². The van der Waals surface area contributed by atoms with E-state index in [2.05, 4.69) is 37.5 Å². The highest BCUT2D eigenvalue weighted by Crippen LogP contribution is 2.35. The number of nitrogens with one attached hydrogen (secondary N) is 1. The maximum atomic E-state index is 12.9. The van der Waals surface area contributed by atoms with Gasteiger partial charge in [-0.2, -0.15) is 23.4 Å². The van der Waals surface area contributed by atoms with Crippen LogP contribution in [0, 0.1) is 13.8 Å². The largest absolute Gasteiger partial charge is 0.436 e. The zero-order chi connectivity index (χ0) is 21.2. The van der Waals surface area contributed by atoms with Crippen LogP contribution in [0.3, 0.4) is 0 Å². The van der Waals surface area contributed by atoms with Crippen molar-refractivity contribution in [3.63, 3.8) is 0 Å². The van der Waals surface area contributed by atoms with Crippen molar-refractivity contribution in [3.8, 4) is 0 Å². The van der Waals surface area contributed by atoms with Crippen LogP contribution in [0.4, 0.5) is 18.9 Å². The molecular weight excluding hydrogens is 451 g/mol. The first-order chi connectivity index (χ1) is 13.6. The Morgan fingerprint density at radius 1 is 1.28 bits per heavy atom. The molecule has 0 atom stereocenters. The van der Waals surface area contributed by atoms with Crippen LogP contribution in [0.5, 0.6) is 0 Å². The number of hydrogen-bond acceptors (Lipinski definition) is 3. The lowest BCUT2D eigenvalue weighted by molar-refractivity contribution is -0.142. The summed E-state index contributed by atoms with van der Waals surface area (Å²) in [6.07, 6.45) is -1.33. The fourth-order valence-corrected chi connectivity index (χ4v) is 3.37. The zero-order valence-electron chi connectivity index (χ0n) is 15.8. The molecule has 0 radical (unpaired) electrons. The number of aryl methyl sites for hydroxylation is 2. The van der Waals surface area contributed by atoms with Crippen molar-refractivity contribution in [1.29, 1.82) is 0 Å². The smallest absolute Gasteiger partial charge is 0.323 e. The number of rotatable bonds is 6. The Morgan fingerprint density at radius 2 is 2.03 bits per heavy atom. The van der Waals surface area contributed by atoms with Crippen molar-refractivity contribution in [2.24, 2.45) is 0 Å². The molecule has 3 aromatic rings. The van der Waals surface area contributed by atoms with Gasteiger partial charge < -0.3 is 5.32 Å². The predicted molar refractivity (Wildman–Crippen MR) is 105 cm³/mol. The van der Waals surface area contributed by atoms with E-state index < -0.39 is 11.9 Å². The summed E-state index contributed by atoms with van der Waals surface area (Å²) in [6, 6.07) is 8.03. The predicted octanol–water partition coefficient (Wildman–Crippen LogP) is 4.55. The molecule has 1 aromatic carbocycles. The Hall–Kier alpha value is -2.62. The number of anilines is 1. The van der Waals surface area contributed by atoms with Crippen molar-refractivity contribution < 1.29 is 18.0 Å². The summed E-state index contributed by atoms with van der Waals surface area (Å²) in [5.74, 6) is -0.334. The quantitative estimate of drug-likeness (QED) is 0.575. The average Bonchev–Trinajstić information content (AvgIpc) is 3.18. The van der Waals surface area contributed by atoms with Gasteiger partial charge in [0.05, 0.1) is 35.1 Å². The van der Waals surface area contributed by atoms with Crippen molar-refractivity contribution in [2.45, 2.75) is 39.5 Å². The van der Waals surface area contributed by atoms with Crippen LogP contribution in [0.2, 0.25) is 0 Å². The third-order valence-corrected chi connectivity index (χ3v) is 5.25. The lowest BCUT2D eigenvalue weighted by Gasteiger charge is -2.05. The number of amides is 1. The van der Waals surface area contributed by atoms with E-state index in [1.807, 2.05) is 25.1 Å². The number of nitrogens with zero attached hydrogens (tertiary/aromatic N) is 4. The minimum atomic E-state index is -4.55. The van der Waals surface area contributed by atoms with Gasteiger partial charge in [0.15, 0.2) is 5.69 Å². The first kappa shape index (κ1) is 21.1. The molecule has 154 valence electrons. The number of carbonyl (C=O) groups excluding carboxylic acids is 1. The highest BCUT2D eigenvalue weighted by molar-refractivity contribution is 9.10. The Kier molecular flexibility index (Phi) is 6.11. The van der Waals surface area contributed by atoms with E-state index in [1.165, 1.54) is 17.8 Å². The van der Waals surface area contributed by atoms with Gasteiger partial charge in [0.25, 0.3) is 0 Å². The van der Waals surface area contributed by atoms with E-state index in [4.69, 9.17) is 0 Å². The lowest BCUT2D eigenvalue weighted by Crippen LogP contribution is -2.16. The molecule has 0 aliphatic rings. The second-order valence-electron chi connectivity index (χ2n) is 6.68. The fourth-order valence-electron chi connectivity index (χ4n) is 2.87. The summed E-state index contributed by atoms with van der Waals surface area (Å²) in [6.45, 7) is 4.12. The molecule has 6 nitrogen and oxygen atoms in total. The molecule has 0 aliphatic heterocycles. The second kappa shape index (κ2) is 8.40. The molecule has 10 heteroatoms. The topological polar surface area (TPSA) is 64.7 Å². The minimum absolute atomic E-state index is 0.0185. The maximum Gasteiger partial charge on any atom is 0.436 e. The van der Waals surface area contributed by atoms with Crippen LogP contribution >= 0.6 is 15.9 Å². The van der Waals surface area contributed by atoms with Gasteiger partial charge in [-0.05, 0) is 35.3 Å². The summed E-state index contributed by atoms with van der Waals surface area (Å²) in [5.41, 5.74) is 2.09. The van der Waals surface area contributed by atoms with Gasteiger partial charge in [-0.3, -0.25) is 14.2 Å². The molecule has 0 fully saturated rings. The van der Waals surface area contributed by atoms with Gasteiger partial charge in [0.2, 0.25) is 5.91 Å². The maximum absolute atomic E-state index is 12.9. The summed E-state index contributed by atoms with van der Waals surface area (Å²) >= 11 is 2.92. The molecule has 1 amide bonds. The summed E-state index contributed by atoms with van der Waals surface area (Å²) in [7, 11) is 0. The number of alkyl halides is 3. The van der Waals surface area contributed by atoms with Crippen molar-refractivity contribution in [2.75, 3.05) is 5.32 Å². The first-order valence-corrected chi connectivity index (χ1v) is 9.60. The Bertz CT molecular complexity index is 1030.